The Morgan fingerprint density at radius 3 is 2.40 bits per heavy atom. The molecule has 0 bridgehead atoms. The number of hydrogen-bond donors (Lipinski definition) is 1. The van der Waals surface area contributed by atoms with E-state index < -0.39 is 10.0 Å². The van der Waals surface area contributed by atoms with Gasteiger partial charge >= 0.3 is 0 Å². The molecule has 0 radical (unpaired) electrons. The normalized spacial score (nSPS) is 13.2. The Labute approximate surface area is 128 Å². The molecule has 0 unspecified atom stereocenters. The van der Waals surface area contributed by atoms with E-state index in [4.69, 9.17) is 0 Å². The molecule has 0 fully saturated rings. The monoisotopic (exact) mass is 362 g/mol. The van der Waals surface area contributed by atoms with E-state index in [9.17, 15) is 13.2 Å². The first-order chi connectivity index (χ1) is 9.27. The van der Waals surface area contributed by atoms with Crippen LogP contribution in [-0.2, 0) is 14.8 Å². The molecule has 5 nitrogen and oxygen atoms in total. The minimum atomic E-state index is -3.64. The molecule has 0 aliphatic heterocycles. The first-order valence-electron chi connectivity index (χ1n) is 6.28. The summed E-state index contributed by atoms with van der Waals surface area (Å²) in [6.45, 7) is 3.64. The molecule has 20 heavy (non-hydrogen) atoms. The highest BCUT2D eigenvalue weighted by Crippen LogP contribution is 2.17. The van der Waals surface area contributed by atoms with Crippen LogP contribution in [0.15, 0.2) is 33.6 Å². The van der Waals surface area contributed by atoms with E-state index >= 15 is 0 Å². The van der Waals surface area contributed by atoms with Crippen molar-refractivity contribution in [2.75, 3.05) is 13.6 Å². The molecule has 1 aromatic carbocycles. The van der Waals surface area contributed by atoms with E-state index in [2.05, 4.69) is 21.2 Å². The standard InChI is InChI=1S/C13H19BrN2O3S/c1-4-10(2)15-13(17)9-16(3)20(18,19)12-7-5-11(14)6-8-12/h5-8,10H,4,9H2,1-3H3,(H,15,17)/t10-/m0/s1. The zero-order chi connectivity index (χ0) is 15.3. The minimum Gasteiger partial charge on any atom is -0.353 e. The second kappa shape index (κ2) is 7.19. The van der Waals surface area contributed by atoms with E-state index in [1.807, 2.05) is 13.8 Å². The number of nitrogens with one attached hydrogen (secondary N) is 1. The Bertz CT molecular complexity index is 557. The lowest BCUT2D eigenvalue weighted by atomic mass is 10.2. The van der Waals surface area contributed by atoms with Gasteiger partial charge in [-0.25, -0.2) is 8.42 Å². The number of carbonyl (C=O) groups is 1. The topological polar surface area (TPSA) is 66.5 Å². The Balaban J connectivity index is 2.77. The van der Waals surface area contributed by atoms with Gasteiger partial charge in [0.15, 0.2) is 0 Å². The Kier molecular flexibility index (Phi) is 6.16. The number of likely N-dealkylation sites (N-methyl/N-ethyl adjacent to an activating group) is 1. The first-order valence-corrected chi connectivity index (χ1v) is 8.52. The lowest BCUT2D eigenvalue weighted by Crippen LogP contribution is -2.41. The zero-order valence-electron chi connectivity index (χ0n) is 11.8. The molecule has 0 aromatic heterocycles. The number of amides is 1. The Morgan fingerprint density at radius 1 is 1.35 bits per heavy atom. The van der Waals surface area contributed by atoms with Gasteiger partial charge in [-0.2, -0.15) is 4.31 Å². The molecular formula is C13H19BrN2O3S. The summed E-state index contributed by atoms with van der Waals surface area (Å²) in [6, 6.07) is 6.34. The summed E-state index contributed by atoms with van der Waals surface area (Å²) in [7, 11) is -2.25. The second-order valence-electron chi connectivity index (χ2n) is 4.59. The number of benzene rings is 1. The summed E-state index contributed by atoms with van der Waals surface area (Å²) >= 11 is 3.25. The highest BCUT2D eigenvalue weighted by Gasteiger charge is 2.23. The fraction of sp³-hybridized carbons (Fsp3) is 0.462. The lowest BCUT2D eigenvalue weighted by Gasteiger charge is -2.18. The Hall–Kier alpha value is -0.920. The average Bonchev–Trinajstić information content (AvgIpc) is 2.38. The van der Waals surface area contributed by atoms with Crippen molar-refractivity contribution in [3.8, 4) is 0 Å². The number of hydrogen-bond acceptors (Lipinski definition) is 3. The number of rotatable bonds is 6. The van der Waals surface area contributed by atoms with Crippen LogP contribution in [0.3, 0.4) is 0 Å². The van der Waals surface area contributed by atoms with Crippen molar-refractivity contribution < 1.29 is 13.2 Å². The van der Waals surface area contributed by atoms with Crippen LogP contribution in [0.2, 0.25) is 0 Å². The summed E-state index contributed by atoms with van der Waals surface area (Å²) < 4.78 is 26.4. The quantitative estimate of drug-likeness (QED) is 0.841. The van der Waals surface area contributed by atoms with Crippen molar-refractivity contribution in [2.45, 2.75) is 31.2 Å². The number of carbonyl (C=O) groups excluding carboxylic acids is 1. The molecule has 0 spiro atoms. The van der Waals surface area contributed by atoms with Gasteiger partial charge in [-0.05, 0) is 37.6 Å². The van der Waals surface area contributed by atoms with Crippen molar-refractivity contribution >= 4 is 31.9 Å². The van der Waals surface area contributed by atoms with Crippen LogP contribution in [0.4, 0.5) is 0 Å². The third kappa shape index (κ3) is 4.57. The van der Waals surface area contributed by atoms with E-state index in [0.717, 1.165) is 15.2 Å². The summed E-state index contributed by atoms with van der Waals surface area (Å²) in [5.74, 6) is -0.303. The molecule has 1 aromatic rings. The predicted octanol–water partition coefficient (Wildman–Crippen LogP) is 1.98. The van der Waals surface area contributed by atoms with Gasteiger partial charge in [0, 0.05) is 17.6 Å². The number of nitrogens with zero attached hydrogens (tertiary/aromatic N) is 1. The van der Waals surface area contributed by atoms with Crippen molar-refractivity contribution in [3.63, 3.8) is 0 Å². The third-order valence-electron chi connectivity index (χ3n) is 2.91. The van der Waals surface area contributed by atoms with Crippen molar-refractivity contribution in [2.24, 2.45) is 0 Å². The summed E-state index contributed by atoms with van der Waals surface area (Å²) in [5, 5.41) is 2.74. The van der Waals surface area contributed by atoms with Crippen LogP contribution >= 0.6 is 15.9 Å². The van der Waals surface area contributed by atoms with Gasteiger partial charge in [-0.15, -0.1) is 0 Å². The number of sulfonamides is 1. The molecule has 7 heteroatoms. The molecule has 1 N–H and O–H groups in total. The molecular weight excluding hydrogens is 344 g/mol. The lowest BCUT2D eigenvalue weighted by molar-refractivity contribution is -0.121. The summed E-state index contributed by atoms with van der Waals surface area (Å²) in [6.07, 6.45) is 0.801. The van der Waals surface area contributed by atoms with Crippen LogP contribution in [0, 0.1) is 0 Å². The Morgan fingerprint density at radius 2 is 1.90 bits per heavy atom. The van der Waals surface area contributed by atoms with Crippen LogP contribution in [0.1, 0.15) is 20.3 Å². The average molecular weight is 363 g/mol. The molecule has 112 valence electrons. The predicted molar refractivity (Wildman–Crippen MR) is 81.9 cm³/mol. The van der Waals surface area contributed by atoms with Gasteiger partial charge in [-0.3, -0.25) is 4.79 Å². The summed E-state index contributed by atoms with van der Waals surface area (Å²) in [4.78, 5) is 11.9. The van der Waals surface area contributed by atoms with Gasteiger partial charge in [-0.1, -0.05) is 22.9 Å². The molecule has 0 aliphatic rings. The maximum Gasteiger partial charge on any atom is 0.243 e. The van der Waals surface area contributed by atoms with Gasteiger partial charge in [0.25, 0.3) is 0 Å². The van der Waals surface area contributed by atoms with E-state index in [1.165, 1.54) is 19.2 Å². The van der Waals surface area contributed by atoms with Gasteiger partial charge in [0.2, 0.25) is 15.9 Å². The summed E-state index contributed by atoms with van der Waals surface area (Å²) in [5.41, 5.74) is 0. The van der Waals surface area contributed by atoms with E-state index in [1.54, 1.807) is 12.1 Å². The molecule has 0 saturated carbocycles. The van der Waals surface area contributed by atoms with Crippen molar-refractivity contribution in [1.29, 1.82) is 0 Å². The van der Waals surface area contributed by atoms with E-state index in [0.29, 0.717) is 0 Å². The number of halogens is 1. The maximum atomic E-state index is 12.3. The van der Waals surface area contributed by atoms with Crippen molar-refractivity contribution in [3.05, 3.63) is 28.7 Å². The van der Waals surface area contributed by atoms with Crippen LogP contribution in [0.25, 0.3) is 0 Å². The minimum absolute atomic E-state index is 0.0336. The van der Waals surface area contributed by atoms with Gasteiger partial charge in [0.1, 0.15) is 0 Å². The largest absolute Gasteiger partial charge is 0.353 e. The van der Waals surface area contributed by atoms with Crippen LogP contribution < -0.4 is 5.32 Å². The molecule has 1 rings (SSSR count). The molecule has 0 aliphatic carbocycles. The smallest absolute Gasteiger partial charge is 0.243 e. The SMILES string of the molecule is CC[C@H](C)NC(=O)CN(C)S(=O)(=O)c1ccc(Br)cc1. The fourth-order valence-corrected chi connectivity index (χ4v) is 2.89. The first kappa shape index (κ1) is 17.1. The molecule has 1 amide bonds. The second-order valence-corrected chi connectivity index (χ2v) is 7.55. The highest BCUT2D eigenvalue weighted by molar-refractivity contribution is 9.10. The third-order valence-corrected chi connectivity index (χ3v) is 5.25. The fourth-order valence-electron chi connectivity index (χ4n) is 1.50. The van der Waals surface area contributed by atoms with Gasteiger partial charge in [0.05, 0.1) is 11.4 Å². The van der Waals surface area contributed by atoms with Crippen LogP contribution in [0.5, 0.6) is 0 Å². The molecule has 1 atom stereocenters. The van der Waals surface area contributed by atoms with Crippen molar-refractivity contribution in [1.82, 2.24) is 9.62 Å². The highest BCUT2D eigenvalue weighted by atomic mass is 79.9. The molecule has 0 heterocycles. The maximum absolute atomic E-state index is 12.3. The van der Waals surface area contributed by atoms with Crippen LogP contribution in [-0.4, -0.2) is 38.3 Å². The van der Waals surface area contributed by atoms with E-state index in [-0.39, 0.29) is 23.4 Å². The zero-order valence-corrected chi connectivity index (χ0v) is 14.2. The van der Waals surface area contributed by atoms with Gasteiger partial charge < -0.3 is 5.32 Å². The molecule has 0 saturated heterocycles.